The molecule has 0 saturated carbocycles. The standard InChI is InChI=1S/C10H9FO5/c11-8-3-5(12)1-2-6(8)7(10(15)16)4-9(13)14/h1-3,7,12H,4H2,(H,13,14)(H,15,16). The van der Waals surface area contributed by atoms with Gasteiger partial charge < -0.3 is 15.3 Å². The zero-order valence-corrected chi connectivity index (χ0v) is 8.05. The number of phenolic OH excluding ortho intramolecular Hbond substituents is 1. The molecule has 1 rings (SSSR count). The summed E-state index contributed by atoms with van der Waals surface area (Å²) in [4.78, 5) is 21.2. The summed E-state index contributed by atoms with van der Waals surface area (Å²) in [5, 5.41) is 26.2. The Morgan fingerprint density at radius 2 is 1.94 bits per heavy atom. The Morgan fingerprint density at radius 1 is 1.31 bits per heavy atom. The fraction of sp³-hybridized carbons (Fsp3) is 0.200. The molecule has 3 N–H and O–H groups in total. The van der Waals surface area contributed by atoms with Crippen molar-refractivity contribution in [2.45, 2.75) is 12.3 Å². The Labute approximate surface area is 89.8 Å². The fourth-order valence-corrected chi connectivity index (χ4v) is 1.30. The van der Waals surface area contributed by atoms with Crippen molar-refractivity contribution >= 4 is 11.9 Å². The van der Waals surface area contributed by atoms with E-state index in [2.05, 4.69) is 0 Å². The minimum absolute atomic E-state index is 0.257. The molecule has 0 aliphatic heterocycles. The van der Waals surface area contributed by atoms with E-state index in [-0.39, 0.29) is 11.3 Å². The highest BCUT2D eigenvalue weighted by molar-refractivity contribution is 5.82. The van der Waals surface area contributed by atoms with Gasteiger partial charge in [0.15, 0.2) is 0 Å². The van der Waals surface area contributed by atoms with Crippen LogP contribution in [0.25, 0.3) is 0 Å². The number of aliphatic carboxylic acids is 2. The average Bonchev–Trinajstić information content (AvgIpc) is 2.14. The lowest BCUT2D eigenvalue weighted by atomic mass is 9.95. The van der Waals surface area contributed by atoms with Gasteiger partial charge in [-0.2, -0.15) is 0 Å². The summed E-state index contributed by atoms with van der Waals surface area (Å²) in [7, 11) is 0. The van der Waals surface area contributed by atoms with Gasteiger partial charge in [0.05, 0.1) is 12.3 Å². The van der Waals surface area contributed by atoms with Gasteiger partial charge in [-0.25, -0.2) is 4.39 Å². The molecule has 1 aromatic carbocycles. The minimum atomic E-state index is -1.46. The maximum absolute atomic E-state index is 13.3. The monoisotopic (exact) mass is 228 g/mol. The molecule has 16 heavy (non-hydrogen) atoms. The molecule has 0 amide bonds. The van der Waals surface area contributed by atoms with Crippen molar-refractivity contribution in [2.75, 3.05) is 0 Å². The van der Waals surface area contributed by atoms with E-state index in [0.29, 0.717) is 0 Å². The highest BCUT2D eigenvalue weighted by Gasteiger charge is 2.25. The van der Waals surface area contributed by atoms with Crippen LogP contribution in [0, 0.1) is 5.82 Å². The zero-order valence-electron chi connectivity index (χ0n) is 8.05. The van der Waals surface area contributed by atoms with Crippen LogP contribution < -0.4 is 0 Å². The summed E-state index contributed by atoms with van der Waals surface area (Å²) in [6, 6.07) is 2.91. The van der Waals surface area contributed by atoms with Crippen molar-refractivity contribution in [3.8, 4) is 5.75 Å². The molecular formula is C10H9FO5. The first-order valence-electron chi connectivity index (χ1n) is 4.35. The molecule has 0 fully saturated rings. The Hall–Kier alpha value is -2.11. The Bertz CT molecular complexity index is 429. The molecule has 0 radical (unpaired) electrons. The third-order valence-electron chi connectivity index (χ3n) is 2.04. The summed E-state index contributed by atoms with van der Waals surface area (Å²) in [5.41, 5.74) is -0.257. The molecule has 0 heterocycles. The average molecular weight is 228 g/mol. The van der Waals surface area contributed by atoms with E-state index < -0.39 is 30.1 Å². The Kier molecular flexibility index (Phi) is 3.44. The molecule has 1 atom stereocenters. The van der Waals surface area contributed by atoms with Crippen LogP contribution in [0.5, 0.6) is 5.75 Å². The maximum atomic E-state index is 13.3. The molecule has 0 aliphatic carbocycles. The van der Waals surface area contributed by atoms with Gasteiger partial charge in [-0.15, -0.1) is 0 Å². The number of carboxylic acid groups (broad SMARTS) is 2. The summed E-state index contributed by atoms with van der Waals surface area (Å²) >= 11 is 0. The van der Waals surface area contributed by atoms with Gasteiger partial charge >= 0.3 is 11.9 Å². The third kappa shape index (κ3) is 2.69. The van der Waals surface area contributed by atoms with Crippen LogP contribution in [0.1, 0.15) is 17.9 Å². The van der Waals surface area contributed by atoms with Gasteiger partial charge in [0.1, 0.15) is 11.6 Å². The normalized spacial score (nSPS) is 12.1. The summed E-state index contributed by atoms with van der Waals surface area (Å²) < 4.78 is 13.3. The van der Waals surface area contributed by atoms with E-state index in [9.17, 15) is 14.0 Å². The number of rotatable bonds is 4. The molecule has 0 saturated heterocycles. The number of halogens is 1. The Balaban J connectivity index is 3.10. The number of aromatic hydroxyl groups is 1. The van der Waals surface area contributed by atoms with E-state index in [0.717, 1.165) is 18.2 Å². The van der Waals surface area contributed by atoms with Gasteiger partial charge in [-0.1, -0.05) is 6.07 Å². The van der Waals surface area contributed by atoms with Crippen LogP contribution in [-0.2, 0) is 9.59 Å². The first kappa shape index (κ1) is 12.0. The van der Waals surface area contributed by atoms with Crippen LogP contribution in [0.3, 0.4) is 0 Å². The van der Waals surface area contributed by atoms with Crippen LogP contribution >= 0.6 is 0 Å². The molecule has 5 nitrogen and oxygen atoms in total. The second-order valence-electron chi connectivity index (χ2n) is 3.19. The van der Waals surface area contributed by atoms with Gasteiger partial charge in [0.2, 0.25) is 0 Å². The number of benzene rings is 1. The highest BCUT2D eigenvalue weighted by atomic mass is 19.1. The molecule has 1 aromatic rings. The van der Waals surface area contributed by atoms with Crippen molar-refractivity contribution in [1.82, 2.24) is 0 Å². The summed E-state index contributed by atoms with van der Waals surface area (Å²) in [6.45, 7) is 0. The molecule has 0 aromatic heterocycles. The number of carbonyl (C=O) groups is 2. The van der Waals surface area contributed by atoms with Gasteiger partial charge in [-0.3, -0.25) is 9.59 Å². The zero-order chi connectivity index (χ0) is 12.3. The van der Waals surface area contributed by atoms with Crippen LogP contribution in [-0.4, -0.2) is 27.3 Å². The van der Waals surface area contributed by atoms with E-state index in [4.69, 9.17) is 15.3 Å². The van der Waals surface area contributed by atoms with Crippen molar-refractivity contribution < 1.29 is 29.3 Å². The van der Waals surface area contributed by atoms with Gasteiger partial charge in [0.25, 0.3) is 0 Å². The van der Waals surface area contributed by atoms with Gasteiger partial charge in [-0.05, 0) is 6.07 Å². The Morgan fingerprint density at radius 3 is 2.38 bits per heavy atom. The smallest absolute Gasteiger partial charge is 0.311 e. The van der Waals surface area contributed by atoms with Crippen LogP contribution in [0.15, 0.2) is 18.2 Å². The van der Waals surface area contributed by atoms with Crippen molar-refractivity contribution in [3.63, 3.8) is 0 Å². The van der Waals surface area contributed by atoms with Crippen molar-refractivity contribution in [2.24, 2.45) is 0 Å². The quantitative estimate of drug-likeness (QED) is 0.719. The predicted octanol–water partition coefficient (Wildman–Crippen LogP) is 1.17. The van der Waals surface area contributed by atoms with E-state index in [1.807, 2.05) is 0 Å². The summed E-state index contributed by atoms with van der Waals surface area (Å²) in [6.07, 6.45) is -0.711. The number of phenols is 1. The lowest BCUT2D eigenvalue weighted by Gasteiger charge is -2.11. The third-order valence-corrected chi connectivity index (χ3v) is 2.04. The lowest BCUT2D eigenvalue weighted by Crippen LogP contribution is -2.17. The SMILES string of the molecule is O=C(O)CC(C(=O)O)c1ccc(O)cc1F. The second kappa shape index (κ2) is 4.61. The lowest BCUT2D eigenvalue weighted by molar-refractivity contribution is -0.145. The summed E-state index contributed by atoms with van der Waals surface area (Å²) in [5.74, 6) is -5.50. The largest absolute Gasteiger partial charge is 0.508 e. The van der Waals surface area contributed by atoms with Crippen LogP contribution in [0.4, 0.5) is 4.39 Å². The number of hydrogen-bond acceptors (Lipinski definition) is 3. The number of hydrogen-bond donors (Lipinski definition) is 3. The molecule has 6 heteroatoms. The van der Waals surface area contributed by atoms with E-state index >= 15 is 0 Å². The molecule has 1 unspecified atom stereocenters. The number of carboxylic acids is 2. The minimum Gasteiger partial charge on any atom is -0.508 e. The first-order valence-corrected chi connectivity index (χ1v) is 4.35. The first-order chi connectivity index (χ1) is 7.41. The molecule has 0 bridgehead atoms. The van der Waals surface area contributed by atoms with Crippen molar-refractivity contribution in [1.29, 1.82) is 0 Å². The topological polar surface area (TPSA) is 94.8 Å². The van der Waals surface area contributed by atoms with E-state index in [1.165, 1.54) is 0 Å². The second-order valence-corrected chi connectivity index (χ2v) is 3.19. The molecule has 86 valence electrons. The predicted molar refractivity (Wildman–Crippen MR) is 50.7 cm³/mol. The molecular weight excluding hydrogens is 219 g/mol. The van der Waals surface area contributed by atoms with Crippen molar-refractivity contribution in [3.05, 3.63) is 29.6 Å². The maximum Gasteiger partial charge on any atom is 0.311 e. The molecule has 0 aliphatic rings. The highest BCUT2D eigenvalue weighted by Crippen LogP contribution is 2.25. The van der Waals surface area contributed by atoms with Gasteiger partial charge in [0, 0.05) is 11.6 Å². The van der Waals surface area contributed by atoms with E-state index in [1.54, 1.807) is 0 Å². The fourth-order valence-electron chi connectivity index (χ4n) is 1.30. The van der Waals surface area contributed by atoms with Crippen LogP contribution in [0.2, 0.25) is 0 Å². The molecule has 0 spiro atoms.